The zero-order valence-electron chi connectivity index (χ0n) is 12.9. The van der Waals surface area contributed by atoms with E-state index in [-0.39, 0.29) is 6.61 Å². The van der Waals surface area contributed by atoms with E-state index >= 15 is 0 Å². The molecule has 3 rings (SSSR count). The molecule has 1 aromatic rings. The fraction of sp³-hybridized carbons (Fsp3) is 0.562. The molecule has 0 spiro atoms. The monoisotopic (exact) mass is 326 g/mol. The summed E-state index contributed by atoms with van der Waals surface area (Å²) in [7, 11) is 1.37. The Morgan fingerprint density at radius 1 is 1.26 bits per heavy atom. The SMILES string of the molecule is CO[C@H]1O[C@@H]2COC(c3ccccc3)O[C@H]2[C@H](F)[C@H]1OC(C)=O. The highest BCUT2D eigenvalue weighted by molar-refractivity contribution is 5.66. The average Bonchev–Trinajstić information content (AvgIpc) is 2.57. The molecular weight excluding hydrogens is 307 g/mol. The highest BCUT2D eigenvalue weighted by Gasteiger charge is 2.52. The molecule has 2 heterocycles. The van der Waals surface area contributed by atoms with Crippen LogP contribution in [0.1, 0.15) is 18.8 Å². The van der Waals surface area contributed by atoms with Crippen molar-refractivity contribution < 1.29 is 32.9 Å². The summed E-state index contributed by atoms with van der Waals surface area (Å²) in [6.45, 7) is 1.38. The van der Waals surface area contributed by atoms with Crippen LogP contribution in [0.4, 0.5) is 4.39 Å². The lowest BCUT2D eigenvalue weighted by Gasteiger charge is -2.45. The van der Waals surface area contributed by atoms with Gasteiger partial charge in [-0.2, -0.15) is 0 Å². The third-order valence-electron chi connectivity index (χ3n) is 3.87. The van der Waals surface area contributed by atoms with Crippen LogP contribution in [0.25, 0.3) is 0 Å². The van der Waals surface area contributed by atoms with E-state index in [0.717, 1.165) is 5.56 Å². The van der Waals surface area contributed by atoms with Gasteiger partial charge in [0, 0.05) is 19.6 Å². The van der Waals surface area contributed by atoms with Gasteiger partial charge in [-0.15, -0.1) is 0 Å². The van der Waals surface area contributed by atoms with Crippen LogP contribution in [-0.2, 0) is 28.5 Å². The van der Waals surface area contributed by atoms with Gasteiger partial charge in [0.05, 0.1) is 6.61 Å². The molecule has 0 radical (unpaired) electrons. The van der Waals surface area contributed by atoms with Crippen LogP contribution >= 0.6 is 0 Å². The molecule has 23 heavy (non-hydrogen) atoms. The molecule has 0 bridgehead atoms. The molecule has 2 fully saturated rings. The number of rotatable bonds is 3. The lowest BCUT2D eigenvalue weighted by atomic mass is 9.99. The summed E-state index contributed by atoms with van der Waals surface area (Å²) < 4.78 is 41.9. The molecule has 0 aromatic heterocycles. The number of hydrogen-bond donors (Lipinski definition) is 0. The standard InChI is InChI=1S/C16H19FO6/c1-9(18)21-14-12(17)13-11(22-16(14)19-2)8-20-15(23-13)10-6-4-3-5-7-10/h3-7,11-16H,8H2,1-2H3/t11-,12+,13-,14-,15?,16+/m1/s1. The molecule has 0 N–H and O–H groups in total. The Morgan fingerprint density at radius 3 is 2.65 bits per heavy atom. The number of ether oxygens (including phenoxy) is 5. The van der Waals surface area contributed by atoms with E-state index in [2.05, 4.69) is 0 Å². The molecule has 2 aliphatic rings. The number of carbonyl (C=O) groups excluding carboxylic acids is 1. The van der Waals surface area contributed by atoms with E-state index in [1.54, 1.807) is 0 Å². The van der Waals surface area contributed by atoms with Crippen LogP contribution in [0, 0.1) is 0 Å². The molecule has 2 saturated heterocycles. The molecule has 0 amide bonds. The van der Waals surface area contributed by atoms with Gasteiger partial charge >= 0.3 is 5.97 Å². The second kappa shape index (κ2) is 6.92. The summed E-state index contributed by atoms with van der Waals surface area (Å²) in [5.74, 6) is -0.603. The summed E-state index contributed by atoms with van der Waals surface area (Å²) in [6, 6.07) is 9.24. The molecule has 0 saturated carbocycles. The lowest BCUT2D eigenvalue weighted by Crippen LogP contribution is -2.61. The van der Waals surface area contributed by atoms with Crippen LogP contribution in [0.5, 0.6) is 0 Å². The number of fused-ring (bicyclic) bond motifs is 1. The third kappa shape index (κ3) is 3.37. The maximum Gasteiger partial charge on any atom is 0.303 e. The molecule has 1 unspecified atom stereocenters. The minimum atomic E-state index is -1.57. The molecule has 6 atom stereocenters. The van der Waals surface area contributed by atoms with Gasteiger partial charge in [0.15, 0.2) is 24.9 Å². The number of halogens is 1. The van der Waals surface area contributed by atoms with Crippen molar-refractivity contribution in [1.29, 1.82) is 0 Å². The molecule has 7 heteroatoms. The predicted molar refractivity (Wildman–Crippen MR) is 76.1 cm³/mol. The van der Waals surface area contributed by atoms with E-state index in [4.69, 9.17) is 23.7 Å². The first kappa shape index (κ1) is 16.3. The lowest BCUT2D eigenvalue weighted by molar-refractivity contribution is -0.350. The van der Waals surface area contributed by atoms with Gasteiger partial charge in [-0.1, -0.05) is 30.3 Å². The van der Waals surface area contributed by atoms with E-state index in [0.29, 0.717) is 0 Å². The Bertz CT molecular complexity index is 539. The molecular formula is C16H19FO6. The van der Waals surface area contributed by atoms with Gasteiger partial charge in [0.2, 0.25) is 0 Å². The Hall–Kier alpha value is -1.54. The fourth-order valence-corrected chi connectivity index (χ4v) is 2.82. The van der Waals surface area contributed by atoms with Gasteiger partial charge in [-0.3, -0.25) is 4.79 Å². The smallest absolute Gasteiger partial charge is 0.303 e. The van der Waals surface area contributed by atoms with Crippen LogP contribution < -0.4 is 0 Å². The number of methoxy groups -OCH3 is 1. The van der Waals surface area contributed by atoms with Crippen LogP contribution in [0.2, 0.25) is 0 Å². The Kier molecular flexibility index (Phi) is 4.91. The van der Waals surface area contributed by atoms with Gasteiger partial charge in [0.25, 0.3) is 0 Å². The number of benzene rings is 1. The maximum absolute atomic E-state index is 14.9. The first-order chi connectivity index (χ1) is 11.1. The quantitative estimate of drug-likeness (QED) is 0.789. The van der Waals surface area contributed by atoms with Gasteiger partial charge < -0.3 is 23.7 Å². The zero-order valence-corrected chi connectivity index (χ0v) is 12.9. The topological polar surface area (TPSA) is 63.2 Å². The molecule has 2 aliphatic heterocycles. The molecule has 6 nitrogen and oxygen atoms in total. The van der Waals surface area contributed by atoms with Crippen LogP contribution in [0.3, 0.4) is 0 Å². The van der Waals surface area contributed by atoms with Crippen molar-refractivity contribution in [3.8, 4) is 0 Å². The summed E-state index contributed by atoms with van der Waals surface area (Å²) in [5, 5.41) is 0. The highest BCUT2D eigenvalue weighted by atomic mass is 19.1. The van der Waals surface area contributed by atoms with Crippen molar-refractivity contribution in [3.63, 3.8) is 0 Å². The summed E-state index contributed by atoms with van der Waals surface area (Å²) in [6.07, 6.45) is -5.94. The summed E-state index contributed by atoms with van der Waals surface area (Å²) in [5.41, 5.74) is 0.788. The minimum Gasteiger partial charge on any atom is -0.454 e. The number of alkyl halides is 1. The van der Waals surface area contributed by atoms with E-state index in [1.165, 1.54) is 14.0 Å². The third-order valence-corrected chi connectivity index (χ3v) is 3.87. The second-order valence-electron chi connectivity index (χ2n) is 5.47. The maximum atomic E-state index is 14.9. The molecule has 126 valence electrons. The van der Waals surface area contributed by atoms with Gasteiger partial charge in [-0.05, 0) is 0 Å². The number of esters is 1. The van der Waals surface area contributed by atoms with Crippen molar-refractivity contribution in [2.75, 3.05) is 13.7 Å². The normalized spacial score (nSPS) is 37.0. The first-order valence-corrected chi connectivity index (χ1v) is 7.41. The van der Waals surface area contributed by atoms with E-state index < -0.39 is 43.0 Å². The summed E-state index contributed by atoms with van der Waals surface area (Å²) >= 11 is 0. The predicted octanol–water partition coefficient (Wildman–Crippen LogP) is 1.74. The van der Waals surface area contributed by atoms with Crippen molar-refractivity contribution in [2.24, 2.45) is 0 Å². The Balaban J connectivity index is 1.76. The second-order valence-corrected chi connectivity index (χ2v) is 5.47. The van der Waals surface area contributed by atoms with Crippen molar-refractivity contribution in [1.82, 2.24) is 0 Å². The fourth-order valence-electron chi connectivity index (χ4n) is 2.82. The van der Waals surface area contributed by atoms with Crippen LogP contribution in [0.15, 0.2) is 30.3 Å². The van der Waals surface area contributed by atoms with Crippen molar-refractivity contribution >= 4 is 5.97 Å². The number of carbonyl (C=O) groups is 1. The number of hydrogen-bond acceptors (Lipinski definition) is 6. The van der Waals surface area contributed by atoms with Gasteiger partial charge in [0.1, 0.15) is 12.2 Å². The minimum absolute atomic E-state index is 0.164. The zero-order chi connectivity index (χ0) is 16.4. The highest BCUT2D eigenvalue weighted by Crippen LogP contribution is 2.36. The molecule has 1 aromatic carbocycles. The van der Waals surface area contributed by atoms with Crippen LogP contribution in [-0.4, -0.2) is 50.5 Å². The summed E-state index contributed by atoms with van der Waals surface area (Å²) in [4.78, 5) is 11.2. The van der Waals surface area contributed by atoms with Crippen molar-refractivity contribution in [2.45, 2.75) is 44.0 Å². The first-order valence-electron chi connectivity index (χ1n) is 7.41. The van der Waals surface area contributed by atoms with Crippen molar-refractivity contribution in [3.05, 3.63) is 35.9 Å². The largest absolute Gasteiger partial charge is 0.454 e. The van der Waals surface area contributed by atoms with E-state index in [1.807, 2.05) is 30.3 Å². The Labute approximate surface area is 133 Å². The average molecular weight is 326 g/mol. The Morgan fingerprint density at radius 2 is 2.00 bits per heavy atom. The molecule has 0 aliphatic carbocycles. The van der Waals surface area contributed by atoms with Gasteiger partial charge in [-0.25, -0.2) is 4.39 Å². The van der Waals surface area contributed by atoms with E-state index in [9.17, 15) is 9.18 Å².